The Morgan fingerprint density at radius 1 is 1.35 bits per heavy atom. The molecule has 1 aromatic heterocycles. The molecule has 1 heterocycles. The summed E-state index contributed by atoms with van der Waals surface area (Å²) in [6, 6.07) is 10.3. The molecule has 0 amide bonds. The molecule has 3 nitrogen and oxygen atoms in total. The highest BCUT2D eigenvalue weighted by Crippen LogP contribution is 2.24. The van der Waals surface area contributed by atoms with E-state index in [1.54, 1.807) is 11.3 Å². The van der Waals surface area contributed by atoms with Gasteiger partial charge in [-0.1, -0.05) is 17.7 Å². The van der Waals surface area contributed by atoms with Crippen LogP contribution in [-0.4, -0.2) is 17.6 Å². The maximum absolute atomic E-state index is 10.8. The number of halogens is 1. The minimum absolute atomic E-state index is 0.139. The fraction of sp³-hybridized carbons (Fsp3) is 0.267. The van der Waals surface area contributed by atoms with E-state index in [2.05, 4.69) is 26.9 Å². The summed E-state index contributed by atoms with van der Waals surface area (Å²) in [6.45, 7) is 3.28. The lowest BCUT2D eigenvalue weighted by atomic mass is 10.2. The third-order valence-corrected chi connectivity index (χ3v) is 4.65. The molecule has 0 saturated carbocycles. The van der Waals surface area contributed by atoms with Crippen molar-refractivity contribution in [3.8, 4) is 0 Å². The molecule has 2 aromatic rings. The van der Waals surface area contributed by atoms with E-state index in [0.717, 1.165) is 16.7 Å². The van der Waals surface area contributed by atoms with Gasteiger partial charge in [-0.05, 0) is 41.1 Å². The largest absolute Gasteiger partial charge is 0.481 e. The number of carbonyl (C=O) groups is 1. The van der Waals surface area contributed by atoms with E-state index in [0.29, 0.717) is 6.54 Å². The maximum atomic E-state index is 10.8. The van der Waals surface area contributed by atoms with Crippen LogP contribution in [0.25, 0.3) is 0 Å². The number of anilines is 1. The van der Waals surface area contributed by atoms with E-state index < -0.39 is 5.97 Å². The first kappa shape index (κ1) is 15.1. The lowest BCUT2D eigenvalue weighted by Gasteiger charge is -2.23. The van der Waals surface area contributed by atoms with E-state index in [1.165, 1.54) is 10.4 Å². The summed E-state index contributed by atoms with van der Waals surface area (Å²) in [7, 11) is 0. The van der Waals surface area contributed by atoms with Gasteiger partial charge in [-0.15, -0.1) is 11.3 Å². The van der Waals surface area contributed by atoms with Crippen molar-refractivity contribution < 1.29 is 9.90 Å². The van der Waals surface area contributed by atoms with Gasteiger partial charge < -0.3 is 10.0 Å². The van der Waals surface area contributed by atoms with Gasteiger partial charge in [0, 0.05) is 27.0 Å². The second-order valence-electron chi connectivity index (χ2n) is 4.63. The second kappa shape index (κ2) is 6.90. The summed E-state index contributed by atoms with van der Waals surface area (Å²) in [6.07, 6.45) is 0.139. The summed E-state index contributed by atoms with van der Waals surface area (Å²) in [5.41, 5.74) is 2.26. The summed E-state index contributed by atoms with van der Waals surface area (Å²) in [4.78, 5) is 14.1. The quantitative estimate of drug-likeness (QED) is 0.841. The smallest absolute Gasteiger partial charge is 0.305 e. The van der Waals surface area contributed by atoms with Gasteiger partial charge in [0.1, 0.15) is 0 Å². The number of aliphatic carboxylic acids is 1. The van der Waals surface area contributed by atoms with Gasteiger partial charge in [0.15, 0.2) is 0 Å². The van der Waals surface area contributed by atoms with Crippen LogP contribution in [0.4, 0.5) is 5.69 Å². The first-order valence-corrected chi connectivity index (χ1v) is 7.98. The molecule has 0 atom stereocenters. The molecule has 2 rings (SSSR count). The fourth-order valence-corrected chi connectivity index (χ4v) is 3.38. The van der Waals surface area contributed by atoms with Crippen molar-refractivity contribution in [2.45, 2.75) is 19.9 Å². The molecule has 0 saturated heterocycles. The summed E-state index contributed by atoms with van der Waals surface area (Å²) >= 11 is 5.12. The fourth-order valence-electron chi connectivity index (χ4n) is 1.91. The molecule has 0 aliphatic heterocycles. The molecular formula is C15H16BrNO2S. The highest BCUT2D eigenvalue weighted by atomic mass is 79.9. The third-order valence-electron chi connectivity index (χ3n) is 2.96. The van der Waals surface area contributed by atoms with Gasteiger partial charge in [-0.3, -0.25) is 4.79 Å². The predicted molar refractivity (Wildman–Crippen MR) is 86.5 cm³/mol. The number of carboxylic acids is 1. The van der Waals surface area contributed by atoms with Gasteiger partial charge in [0.05, 0.1) is 13.0 Å². The summed E-state index contributed by atoms with van der Waals surface area (Å²) in [5.74, 6) is -0.769. The molecule has 20 heavy (non-hydrogen) atoms. The van der Waals surface area contributed by atoms with Crippen LogP contribution in [-0.2, 0) is 11.3 Å². The predicted octanol–water partition coefficient (Wildman–Crippen LogP) is 4.30. The van der Waals surface area contributed by atoms with Crippen LogP contribution in [0.3, 0.4) is 0 Å². The first-order chi connectivity index (χ1) is 9.54. The molecule has 0 aliphatic rings. The van der Waals surface area contributed by atoms with Gasteiger partial charge in [-0.2, -0.15) is 0 Å². The van der Waals surface area contributed by atoms with Crippen LogP contribution < -0.4 is 4.90 Å². The molecule has 0 radical (unpaired) electrons. The van der Waals surface area contributed by atoms with Gasteiger partial charge in [0.25, 0.3) is 0 Å². The highest BCUT2D eigenvalue weighted by molar-refractivity contribution is 9.10. The Kier molecular flexibility index (Phi) is 5.20. The lowest BCUT2D eigenvalue weighted by molar-refractivity contribution is -0.136. The van der Waals surface area contributed by atoms with Gasteiger partial charge in [-0.25, -0.2) is 0 Å². The third kappa shape index (κ3) is 4.35. The standard InChI is InChI=1S/C15H16BrNO2S/c1-11-2-4-13(5-3-11)17(7-6-15(18)19)9-14-8-12(16)10-20-14/h2-5,8,10H,6-7,9H2,1H3,(H,18,19). The number of hydrogen-bond donors (Lipinski definition) is 1. The second-order valence-corrected chi connectivity index (χ2v) is 6.54. The Morgan fingerprint density at radius 3 is 2.60 bits per heavy atom. The topological polar surface area (TPSA) is 40.5 Å². The van der Waals surface area contributed by atoms with Crippen LogP contribution >= 0.6 is 27.3 Å². The molecule has 0 fully saturated rings. The van der Waals surface area contributed by atoms with Crippen molar-refractivity contribution in [1.29, 1.82) is 0 Å². The van der Waals surface area contributed by atoms with E-state index in [4.69, 9.17) is 5.11 Å². The zero-order chi connectivity index (χ0) is 14.5. The number of rotatable bonds is 6. The van der Waals surface area contributed by atoms with Crippen molar-refractivity contribution in [1.82, 2.24) is 0 Å². The Labute approximate surface area is 131 Å². The Morgan fingerprint density at radius 2 is 2.05 bits per heavy atom. The van der Waals surface area contributed by atoms with E-state index >= 15 is 0 Å². The number of hydrogen-bond acceptors (Lipinski definition) is 3. The van der Waals surface area contributed by atoms with Crippen molar-refractivity contribution in [2.24, 2.45) is 0 Å². The van der Waals surface area contributed by atoms with Gasteiger partial charge in [0.2, 0.25) is 0 Å². The number of nitrogens with zero attached hydrogens (tertiary/aromatic N) is 1. The SMILES string of the molecule is Cc1ccc(N(CCC(=O)O)Cc2cc(Br)cs2)cc1. The molecule has 0 bridgehead atoms. The van der Waals surface area contributed by atoms with E-state index in [9.17, 15) is 4.79 Å². The molecule has 106 valence electrons. The summed E-state index contributed by atoms with van der Waals surface area (Å²) in [5, 5.41) is 10.9. The first-order valence-electron chi connectivity index (χ1n) is 6.31. The zero-order valence-corrected chi connectivity index (χ0v) is 13.6. The highest BCUT2D eigenvalue weighted by Gasteiger charge is 2.10. The van der Waals surface area contributed by atoms with Crippen LogP contribution in [0, 0.1) is 6.92 Å². The number of carboxylic acid groups (broad SMARTS) is 1. The van der Waals surface area contributed by atoms with Crippen LogP contribution in [0.15, 0.2) is 40.2 Å². The minimum atomic E-state index is -0.769. The molecule has 1 aromatic carbocycles. The van der Waals surface area contributed by atoms with Crippen molar-refractivity contribution in [2.75, 3.05) is 11.4 Å². The molecule has 5 heteroatoms. The Balaban J connectivity index is 2.15. The molecular weight excluding hydrogens is 338 g/mol. The average molecular weight is 354 g/mol. The Hall–Kier alpha value is -1.33. The number of thiophene rings is 1. The molecule has 0 aliphatic carbocycles. The zero-order valence-electron chi connectivity index (χ0n) is 11.2. The van der Waals surface area contributed by atoms with E-state index in [-0.39, 0.29) is 6.42 Å². The molecule has 0 spiro atoms. The van der Waals surface area contributed by atoms with Crippen molar-refractivity contribution in [3.05, 3.63) is 50.6 Å². The molecule has 0 unspecified atom stereocenters. The van der Waals surface area contributed by atoms with Crippen molar-refractivity contribution >= 4 is 38.9 Å². The van der Waals surface area contributed by atoms with Gasteiger partial charge >= 0.3 is 5.97 Å². The van der Waals surface area contributed by atoms with Crippen LogP contribution in [0.2, 0.25) is 0 Å². The Bertz CT molecular complexity index is 580. The maximum Gasteiger partial charge on any atom is 0.305 e. The number of aryl methyl sites for hydroxylation is 1. The van der Waals surface area contributed by atoms with Crippen LogP contribution in [0.1, 0.15) is 16.9 Å². The van der Waals surface area contributed by atoms with E-state index in [1.807, 2.05) is 36.6 Å². The summed E-state index contributed by atoms with van der Waals surface area (Å²) < 4.78 is 1.07. The van der Waals surface area contributed by atoms with Crippen LogP contribution in [0.5, 0.6) is 0 Å². The lowest BCUT2D eigenvalue weighted by Crippen LogP contribution is -2.25. The normalized spacial score (nSPS) is 10.5. The van der Waals surface area contributed by atoms with Crippen molar-refractivity contribution in [3.63, 3.8) is 0 Å². The minimum Gasteiger partial charge on any atom is -0.481 e. The average Bonchev–Trinajstić information content (AvgIpc) is 2.81. The number of benzene rings is 1. The monoisotopic (exact) mass is 353 g/mol. The molecule has 1 N–H and O–H groups in total.